The maximum atomic E-state index is 15.4. The van der Waals surface area contributed by atoms with E-state index in [0.29, 0.717) is 21.3 Å². The number of pyridine rings is 1. The molecule has 4 aromatic rings. The van der Waals surface area contributed by atoms with Crippen molar-refractivity contribution in [3.63, 3.8) is 0 Å². The van der Waals surface area contributed by atoms with Gasteiger partial charge in [0.15, 0.2) is 23.1 Å². The molecule has 0 radical (unpaired) electrons. The van der Waals surface area contributed by atoms with Crippen LogP contribution in [0.25, 0.3) is 10.2 Å². The van der Waals surface area contributed by atoms with Gasteiger partial charge in [-0.15, -0.1) is 0 Å². The van der Waals surface area contributed by atoms with Crippen LogP contribution in [0, 0.1) is 11.6 Å². The number of benzene rings is 2. The van der Waals surface area contributed by atoms with E-state index in [1.807, 2.05) is 0 Å². The highest BCUT2D eigenvalue weighted by atomic mass is 32.1. The summed E-state index contributed by atoms with van der Waals surface area (Å²) in [4.78, 5) is 39.9. The Morgan fingerprint density at radius 2 is 1.89 bits per heavy atom. The molecular formula is C25H18F2N4O5S. The highest BCUT2D eigenvalue weighted by Crippen LogP contribution is 2.42. The molecule has 1 fully saturated rings. The van der Waals surface area contributed by atoms with Gasteiger partial charge >= 0.3 is 4.87 Å². The second kappa shape index (κ2) is 7.73. The van der Waals surface area contributed by atoms with Crippen LogP contribution >= 0.6 is 11.3 Å². The number of nitrogens with zero attached hydrogens (tertiary/aromatic N) is 4. The lowest BCUT2D eigenvalue weighted by atomic mass is 9.93. The molecule has 0 saturated carbocycles. The number of para-hydroxylation sites is 1. The van der Waals surface area contributed by atoms with E-state index in [1.165, 1.54) is 26.4 Å². The summed E-state index contributed by atoms with van der Waals surface area (Å²) < 4.78 is 39.1. The highest BCUT2D eigenvalue weighted by Gasteiger charge is 2.46. The number of carbonyl (C=O) groups excluding carboxylic acids is 1. The van der Waals surface area contributed by atoms with E-state index in [2.05, 4.69) is 0 Å². The fraction of sp³-hybridized carbons (Fsp3) is 0.240. The molecule has 9 nitrogen and oxygen atoms in total. The second-order valence-corrected chi connectivity index (χ2v) is 10.1. The van der Waals surface area contributed by atoms with E-state index in [4.69, 9.17) is 4.74 Å². The lowest BCUT2D eigenvalue weighted by Crippen LogP contribution is -2.66. The second-order valence-electron chi connectivity index (χ2n) is 9.14. The predicted molar refractivity (Wildman–Crippen MR) is 130 cm³/mol. The van der Waals surface area contributed by atoms with Crippen molar-refractivity contribution in [2.75, 3.05) is 24.8 Å². The van der Waals surface area contributed by atoms with Crippen molar-refractivity contribution in [1.82, 2.24) is 14.1 Å². The normalized spacial score (nSPS) is 20.4. The molecule has 0 aliphatic carbocycles. The van der Waals surface area contributed by atoms with Crippen molar-refractivity contribution in [1.29, 1.82) is 0 Å². The van der Waals surface area contributed by atoms with E-state index in [9.17, 15) is 23.9 Å². The molecule has 7 rings (SSSR count). The van der Waals surface area contributed by atoms with Crippen molar-refractivity contribution in [3.8, 4) is 5.75 Å². The summed E-state index contributed by atoms with van der Waals surface area (Å²) in [5, 5.41) is 12.4. The monoisotopic (exact) mass is 524 g/mol. The molecule has 2 unspecified atom stereocenters. The molecular weight excluding hydrogens is 506 g/mol. The first-order valence-corrected chi connectivity index (χ1v) is 12.4. The maximum Gasteiger partial charge on any atom is 0.308 e. The van der Waals surface area contributed by atoms with Crippen molar-refractivity contribution < 1.29 is 23.4 Å². The molecule has 5 heterocycles. The third-order valence-corrected chi connectivity index (χ3v) is 8.24. The van der Waals surface area contributed by atoms with Crippen LogP contribution in [0.5, 0.6) is 5.75 Å². The Labute approximate surface area is 210 Å². The van der Waals surface area contributed by atoms with Gasteiger partial charge in [-0.2, -0.15) is 0 Å². The van der Waals surface area contributed by atoms with Crippen molar-refractivity contribution in [2.24, 2.45) is 0 Å². The Bertz CT molecular complexity index is 1760. The van der Waals surface area contributed by atoms with Crippen LogP contribution in [0.15, 0.2) is 52.2 Å². The van der Waals surface area contributed by atoms with Gasteiger partial charge in [0.05, 0.1) is 30.0 Å². The van der Waals surface area contributed by atoms with Gasteiger partial charge in [0, 0.05) is 29.9 Å². The highest BCUT2D eigenvalue weighted by molar-refractivity contribution is 7.16. The summed E-state index contributed by atoms with van der Waals surface area (Å²) >= 11 is 1.01. The smallest absolute Gasteiger partial charge is 0.308 e. The van der Waals surface area contributed by atoms with Crippen molar-refractivity contribution in [3.05, 3.63) is 96.5 Å². The van der Waals surface area contributed by atoms with Gasteiger partial charge in [-0.05, 0) is 17.7 Å². The maximum absolute atomic E-state index is 15.4. The fourth-order valence-electron chi connectivity index (χ4n) is 5.68. The van der Waals surface area contributed by atoms with E-state index < -0.39 is 40.9 Å². The van der Waals surface area contributed by atoms with Crippen LogP contribution in [0.1, 0.15) is 33.2 Å². The quantitative estimate of drug-likeness (QED) is 0.410. The van der Waals surface area contributed by atoms with Crippen LogP contribution in [0.4, 0.5) is 8.78 Å². The third-order valence-electron chi connectivity index (χ3n) is 7.29. The summed E-state index contributed by atoms with van der Waals surface area (Å²) in [6, 6.07) is 8.20. The van der Waals surface area contributed by atoms with Gasteiger partial charge in [-0.1, -0.05) is 29.5 Å². The average Bonchev–Trinajstić information content (AvgIpc) is 3.13. The topological polar surface area (TPSA) is 97.0 Å². The summed E-state index contributed by atoms with van der Waals surface area (Å²) in [6.45, 7) is 0.382. The number of halogens is 2. The first-order valence-electron chi connectivity index (χ1n) is 11.6. The molecule has 3 aliphatic rings. The summed E-state index contributed by atoms with van der Waals surface area (Å²) in [7, 11) is 0. The summed E-state index contributed by atoms with van der Waals surface area (Å²) in [6.07, 6.45) is 0.681. The van der Waals surface area contributed by atoms with Crippen molar-refractivity contribution >= 4 is 27.5 Å². The molecule has 188 valence electrons. The van der Waals surface area contributed by atoms with E-state index >= 15 is 4.39 Å². The van der Waals surface area contributed by atoms with Crippen molar-refractivity contribution in [2.45, 2.75) is 18.8 Å². The number of aromatic nitrogens is 2. The number of morpholine rings is 1. The Balaban J connectivity index is 1.61. The van der Waals surface area contributed by atoms with Gasteiger partial charge in [0.2, 0.25) is 5.43 Å². The number of thiazole rings is 1. The molecule has 2 aromatic heterocycles. The summed E-state index contributed by atoms with van der Waals surface area (Å²) in [5.74, 6) is -3.34. The number of rotatable bonds is 1. The minimum atomic E-state index is -1.06. The number of hydrogen-bond acceptors (Lipinski definition) is 7. The third kappa shape index (κ3) is 2.93. The molecule has 1 saturated heterocycles. The molecule has 12 heteroatoms. The van der Waals surface area contributed by atoms with Gasteiger partial charge in [-0.3, -0.25) is 28.6 Å². The van der Waals surface area contributed by atoms with Crippen LogP contribution in [-0.2, 0) is 11.3 Å². The zero-order valence-corrected chi connectivity index (χ0v) is 19.9. The number of carbonyl (C=O) groups is 1. The lowest BCUT2D eigenvalue weighted by molar-refractivity contribution is -0.0196. The first kappa shape index (κ1) is 22.2. The van der Waals surface area contributed by atoms with Gasteiger partial charge < -0.3 is 14.7 Å². The Kier molecular flexibility index (Phi) is 4.64. The van der Waals surface area contributed by atoms with Gasteiger partial charge in [0.1, 0.15) is 12.2 Å². The molecule has 2 aromatic carbocycles. The number of amides is 1. The minimum Gasteiger partial charge on any atom is -0.502 e. The number of fused-ring (bicyclic) bond motifs is 3. The van der Waals surface area contributed by atoms with Crippen LogP contribution in [0.2, 0.25) is 0 Å². The molecule has 0 spiro atoms. The van der Waals surface area contributed by atoms with Gasteiger partial charge in [0.25, 0.3) is 5.91 Å². The minimum absolute atomic E-state index is 0.00925. The largest absolute Gasteiger partial charge is 0.502 e. The molecule has 37 heavy (non-hydrogen) atoms. The van der Waals surface area contributed by atoms with Crippen LogP contribution < -0.4 is 15.3 Å². The molecule has 1 N–H and O–H groups in total. The zero-order chi connectivity index (χ0) is 25.6. The molecule has 3 aliphatic heterocycles. The van der Waals surface area contributed by atoms with Crippen LogP contribution in [-0.4, -0.2) is 51.1 Å². The molecule has 1 amide bonds. The Morgan fingerprint density at radius 1 is 1.05 bits per heavy atom. The summed E-state index contributed by atoms with van der Waals surface area (Å²) in [5.41, 5.74) is 0.664. The Morgan fingerprint density at radius 3 is 2.73 bits per heavy atom. The van der Waals surface area contributed by atoms with E-state index in [1.54, 1.807) is 23.2 Å². The van der Waals surface area contributed by atoms with Crippen LogP contribution in [0.3, 0.4) is 0 Å². The molecule has 0 bridgehead atoms. The SMILES string of the molecule is O=C1c2c(O)c(=O)ccn2N(C2c3ccc(F)c(F)c3Cn3c(=O)sc4cccc2c43)C2COCCN12. The number of aromatic hydroxyl groups is 1. The lowest BCUT2D eigenvalue weighted by Gasteiger charge is -2.51. The average molecular weight is 525 g/mol. The standard InChI is InChI=1S/C25H18F2N4O5S/c26-15-5-4-12-14(19(15)27)10-29-21-13(2-1-3-17(21)37-25(29)35)20(12)31-18-11-36-9-8-28(18)24(34)22-23(33)16(32)6-7-30(22)31/h1-7,18,20,33H,8-11H2. The predicted octanol–water partition coefficient (Wildman–Crippen LogP) is 2.11. The fourth-order valence-corrected chi connectivity index (χ4v) is 6.61. The molecule has 2 atom stereocenters. The number of ether oxygens (including phenoxy) is 1. The Hall–Kier alpha value is -4.03. The zero-order valence-electron chi connectivity index (χ0n) is 19.1. The number of hydrogen-bond donors (Lipinski definition) is 1. The first-order chi connectivity index (χ1) is 17.9. The van der Waals surface area contributed by atoms with E-state index in [-0.39, 0.29) is 42.4 Å². The van der Waals surface area contributed by atoms with E-state index in [0.717, 1.165) is 23.5 Å². The van der Waals surface area contributed by atoms with Gasteiger partial charge in [-0.25, -0.2) is 8.78 Å².